The van der Waals surface area contributed by atoms with Crippen molar-refractivity contribution in [1.82, 2.24) is 5.32 Å². The second-order valence-corrected chi connectivity index (χ2v) is 4.82. The van der Waals surface area contributed by atoms with Crippen LogP contribution in [0.1, 0.15) is 10.4 Å². The average molecular weight is 331 g/mol. The molecule has 0 fully saturated rings. The maximum absolute atomic E-state index is 12.1. The van der Waals surface area contributed by atoms with Gasteiger partial charge < -0.3 is 10.1 Å². The summed E-state index contributed by atoms with van der Waals surface area (Å²) in [5, 5.41) is 16.1. The van der Waals surface area contributed by atoms with Gasteiger partial charge in [0.25, 0.3) is 11.6 Å². The lowest BCUT2D eigenvalue weighted by atomic mass is 10.2. The molecule has 1 amide bonds. The second kappa shape index (κ2) is 7.32. The molecule has 0 radical (unpaired) electrons. The number of carbonyl (C=O) groups excluding carboxylic acids is 1. The van der Waals surface area contributed by atoms with E-state index in [-0.39, 0.29) is 16.4 Å². The van der Waals surface area contributed by atoms with Gasteiger partial charge in [-0.1, -0.05) is 18.2 Å². The molecule has 0 aliphatic rings. The highest BCUT2D eigenvalue weighted by Crippen LogP contribution is 2.22. The summed E-state index contributed by atoms with van der Waals surface area (Å²) in [5.41, 5.74) is 0.573. The number of hydrogen-bond donors (Lipinski definition) is 2. The van der Waals surface area contributed by atoms with Crippen LogP contribution in [-0.2, 0) is 0 Å². The summed E-state index contributed by atoms with van der Waals surface area (Å²) in [6.07, 6.45) is 0. The molecule has 0 bridgehead atoms. The average Bonchev–Trinajstić information content (AvgIpc) is 2.55. The summed E-state index contributed by atoms with van der Waals surface area (Å²) < 4.78 is 5.17. The molecule has 0 unspecified atom stereocenters. The van der Waals surface area contributed by atoms with Crippen molar-refractivity contribution in [3.05, 3.63) is 64.2 Å². The number of benzene rings is 2. The first-order valence-electron chi connectivity index (χ1n) is 6.51. The van der Waals surface area contributed by atoms with E-state index in [1.807, 2.05) is 0 Å². The van der Waals surface area contributed by atoms with Crippen molar-refractivity contribution in [3.63, 3.8) is 0 Å². The van der Waals surface area contributed by atoms with Gasteiger partial charge in [-0.25, -0.2) is 0 Å². The van der Waals surface area contributed by atoms with Crippen LogP contribution in [0.5, 0.6) is 5.75 Å². The Hall–Kier alpha value is -3.00. The van der Waals surface area contributed by atoms with E-state index in [0.29, 0.717) is 11.4 Å². The van der Waals surface area contributed by atoms with Gasteiger partial charge in [-0.15, -0.1) is 0 Å². The van der Waals surface area contributed by atoms with Gasteiger partial charge >= 0.3 is 0 Å². The molecule has 0 aromatic heterocycles. The van der Waals surface area contributed by atoms with Gasteiger partial charge in [-0.3, -0.25) is 20.2 Å². The van der Waals surface area contributed by atoms with Crippen molar-refractivity contribution in [2.45, 2.75) is 0 Å². The first-order valence-corrected chi connectivity index (χ1v) is 6.92. The van der Waals surface area contributed by atoms with E-state index in [1.165, 1.54) is 31.4 Å². The van der Waals surface area contributed by atoms with Crippen LogP contribution in [-0.4, -0.2) is 23.1 Å². The van der Waals surface area contributed by atoms with Crippen LogP contribution in [0.25, 0.3) is 0 Å². The number of nitro benzene ring substituents is 1. The lowest BCUT2D eigenvalue weighted by Gasteiger charge is -2.12. The number of nitro groups is 1. The first-order chi connectivity index (χ1) is 11.0. The van der Waals surface area contributed by atoms with Crippen molar-refractivity contribution < 1.29 is 14.5 Å². The third-order valence-corrected chi connectivity index (χ3v) is 3.11. The molecule has 0 aliphatic heterocycles. The molecule has 0 saturated heterocycles. The summed E-state index contributed by atoms with van der Waals surface area (Å²) in [6.45, 7) is 0. The molecular formula is C15H13N3O4S. The number of rotatable bonds is 4. The number of non-ortho nitro benzene ring substituents is 1. The third kappa shape index (κ3) is 4.24. The predicted octanol–water partition coefficient (Wildman–Crippen LogP) is 2.73. The Bertz CT molecular complexity index is 764. The Morgan fingerprint density at radius 1 is 1.22 bits per heavy atom. The minimum Gasteiger partial charge on any atom is -0.495 e. The zero-order valence-electron chi connectivity index (χ0n) is 12.1. The van der Waals surface area contributed by atoms with Gasteiger partial charge in [0.15, 0.2) is 5.11 Å². The monoisotopic (exact) mass is 331 g/mol. The van der Waals surface area contributed by atoms with E-state index in [9.17, 15) is 14.9 Å². The van der Waals surface area contributed by atoms with Gasteiger partial charge in [-0.2, -0.15) is 0 Å². The number of ether oxygens (including phenoxy) is 1. The predicted molar refractivity (Wildman–Crippen MR) is 89.8 cm³/mol. The van der Waals surface area contributed by atoms with E-state index in [0.717, 1.165) is 0 Å². The molecule has 0 atom stereocenters. The van der Waals surface area contributed by atoms with Crippen molar-refractivity contribution in [2.75, 3.05) is 12.4 Å². The Labute approximate surface area is 137 Å². The second-order valence-electron chi connectivity index (χ2n) is 4.42. The topological polar surface area (TPSA) is 93.5 Å². The van der Waals surface area contributed by atoms with Gasteiger partial charge in [0.2, 0.25) is 0 Å². The largest absolute Gasteiger partial charge is 0.495 e. The van der Waals surface area contributed by atoms with E-state index < -0.39 is 10.8 Å². The van der Waals surface area contributed by atoms with Crippen molar-refractivity contribution in [2.24, 2.45) is 0 Å². The molecule has 0 aliphatic carbocycles. The molecule has 0 saturated carbocycles. The number of thiocarbonyl (C=S) groups is 1. The first kappa shape index (κ1) is 16.4. The quantitative estimate of drug-likeness (QED) is 0.508. The van der Waals surface area contributed by atoms with Crippen LogP contribution in [0.4, 0.5) is 11.4 Å². The van der Waals surface area contributed by atoms with Gasteiger partial charge in [0.1, 0.15) is 5.75 Å². The summed E-state index contributed by atoms with van der Waals surface area (Å²) in [4.78, 5) is 22.2. The SMILES string of the molecule is COc1ccccc1NC(=S)NC(=O)c1cccc([N+](=O)[O-])c1. The van der Waals surface area contributed by atoms with Crippen LogP contribution in [0, 0.1) is 10.1 Å². The number of nitrogens with zero attached hydrogens (tertiary/aromatic N) is 1. The summed E-state index contributed by atoms with van der Waals surface area (Å²) in [5.74, 6) is 0.0283. The number of anilines is 1. The third-order valence-electron chi connectivity index (χ3n) is 2.90. The zero-order valence-corrected chi connectivity index (χ0v) is 12.9. The molecule has 2 aromatic carbocycles. The Morgan fingerprint density at radius 2 is 1.96 bits per heavy atom. The van der Waals surface area contributed by atoms with Gasteiger partial charge in [0.05, 0.1) is 17.7 Å². The Balaban J connectivity index is 2.06. The van der Waals surface area contributed by atoms with E-state index >= 15 is 0 Å². The maximum Gasteiger partial charge on any atom is 0.270 e. The van der Waals surface area contributed by atoms with E-state index in [4.69, 9.17) is 17.0 Å². The molecule has 0 heterocycles. The normalized spacial score (nSPS) is 9.78. The van der Waals surface area contributed by atoms with Crippen LogP contribution in [0.15, 0.2) is 48.5 Å². The highest BCUT2D eigenvalue weighted by molar-refractivity contribution is 7.80. The minimum atomic E-state index is -0.567. The smallest absolute Gasteiger partial charge is 0.270 e. The standard InChI is InChI=1S/C15H13N3O4S/c1-22-13-8-3-2-7-12(13)16-15(23)17-14(19)10-5-4-6-11(9-10)18(20)21/h2-9H,1H3,(H2,16,17,19,23). The zero-order chi connectivity index (χ0) is 16.8. The highest BCUT2D eigenvalue weighted by atomic mass is 32.1. The lowest BCUT2D eigenvalue weighted by Crippen LogP contribution is -2.34. The lowest BCUT2D eigenvalue weighted by molar-refractivity contribution is -0.384. The van der Waals surface area contributed by atoms with Crippen LogP contribution in [0.3, 0.4) is 0 Å². The number of hydrogen-bond acceptors (Lipinski definition) is 5. The molecule has 7 nitrogen and oxygen atoms in total. The Kier molecular flexibility index (Phi) is 5.21. The van der Waals surface area contributed by atoms with Gasteiger partial charge in [-0.05, 0) is 30.4 Å². The molecule has 23 heavy (non-hydrogen) atoms. The number of para-hydroxylation sites is 2. The van der Waals surface area contributed by atoms with Crippen LogP contribution < -0.4 is 15.4 Å². The molecule has 8 heteroatoms. The van der Waals surface area contributed by atoms with Crippen LogP contribution >= 0.6 is 12.2 Å². The van der Waals surface area contributed by atoms with Gasteiger partial charge in [0, 0.05) is 17.7 Å². The minimum absolute atomic E-state index is 0.0611. The van der Waals surface area contributed by atoms with Crippen molar-refractivity contribution in [3.8, 4) is 5.75 Å². The number of methoxy groups -OCH3 is 1. The van der Waals surface area contributed by atoms with Crippen molar-refractivity contribution in [1.29, 1.82) is 0 Å². The fraction of sp³-hybridized carbons (Fsp3) is 0.0667. The molecule has 0 spiro atoms. The molecule has 2 rings (SSSR count). The summed E-state index contributed by atoms with van der Waals surface area (Å²) in [7, 11) is 1.52. The van der Waals surface area contributed by atoms with Crippen LogP contribution in [0.2, 0.25) is 0 Å². The summed E-state index contributed by atoms with van der Waals surface area (Å²) >= 11 is 5.07. The summed E-state index contributed by atoms with van der Waals surface area (Å²) in [6, 6.07) is 12.5. The number of amides is 1. The molecule has 2 N–H and O–H groups in total. The van der Waals surface area contributed by atoms with E-state index in [2.05, 4.69) is 10.6 Å². The number of carbonyl (C=O) groups is 1. The van der Waals surface area contributed by atoms with E-state index in [1.54, 1.807) is 24.3 Å². The Morgan fingerprint density at radius 3 is 2.65 bits per heavy atom. The fourth-order valence-electron chi connectivity index (χ4n) is 1.84. The maximum atomic E-state index is 12.1. The van der Waals surface area contributed by atoms with Crippen molar-refractivity contribution >= 4 is 34.6 Å². The highest BCUT2D eigenvalue weighted by Gasteiger charge is 2.13. The number of nitrogens with one attached hydrogen (secondary N) is 2. The molecule has 2 aromatic rings. The fourth-order valence-corrected chi connectivity index (χ4v) is 2.04. The molecule has 118 valence electrons. The molecular weight excluding hydrogens is 318 g/mol.